The highest BCUT2D eigenvalue weighted by Crippen LogP contribution is 1.90. The summed E-state index contributed by atoms with van der Waals surface area (Å²) in [6.45, 7) is 3.57. The summed E-state index contributed by atoms with van der Waals surface area (Å²) in [4.78, 5) is 0. The summed E-state index contributed by atoms with van der Waals surface area (Å²) in [6.07, 6.45) is 6.02. The van der Waals surface area contributed by atoms with Crippen LogP contribution < -0.4 is 0 Å². The van der Waals surface area contributed by atoms with Crippen LogP contribution in [0.5, 0.6) is 0 Å². The molecule has 0 fully saturated rings. The molecule has 0 unspecified atom stereocenters. The molecule has 0 N–H and O–H groups in total. The Bertz CT molecular complexity index is 64.6. The van der Waals surface area contributed by atoms with Crippen molar-refractivity contribution in [2.24, 2.45) is 0 Å². The van der Waals surface area contributed by atoms with Crippen LogP contribution in [-0.2, 0) is 0 Å². The predicted molar refractivity (Wildman–Crippen MR) is 37.6 cm³/mol. The Morgan fingerprint density at radius 2 is 2.14 bits per heavy atom. The molecule has 0 aromatic heterocycles. The highest BCUT2D eigenvalue weighted by atomic mass is 32.1. The van der Waals surface area contributed by atoms with Crippen molar-refractivity contribution in [1.29, 1.82) is 0 Å². The van der Waals surface area contributed by atoms with Gasteiger partial charge >= 0.3 is 0 Å². The van der Waals surface area contributed by atoms with Crippen molar-refractivity contribution in [2.45, 2.75) is 12.8 Å². The third-order valence-corrected chi connectivity index (χ3v) is 0.854. The maximum Gasteiger partial charge on any atom is -0.0308 e. The molecular weight excluding hydrogens is 104 g/mol. The quantitative estimate of drug-likeness (QED) is 0.325. The smallest absolute Gasteiger partial charge is 0.0308 e. The molecule has 0 saturated heterocycles. The topological polar surface area (TPSA) is 0 Å². The minimum absolute atomic E-state index is 1.05. The first-order chi connectivity index (χ1) is 3.41. The molecule has 0 aliphatic carbocycles. The maximum absolute atomic E-state index is 3.88. The van der Waals surface area contributed by atoms with Crippen LogP contribution in [0.2, 0.25) is 0 Å². The SMILES string of the molecule is C=CCCC=CS. The number of rotatable bonds is 3. The van der Waals surface area contributed by atoms with Crippen LogP contribution in [0.1, 0.15) is 12.8 Å². The minimum atomic E-state index is 1.05. The molecule has 40 valence electrons. The molecule has 0 rings (SSSR count). The van der Waals surface area contributed by atoms with E-state index < -0.39 is 0 Å². The number of allylic oxidation sites excluding steroid dienone is 2. The lowest BCUT2D eigenvalue weighted by molar-refractivity contribution is 1.06. The molecule has 1 heteroatoms. The van der Waals surface area contributed by atoms with E-state index in [1.54, 1.807) is 5.41 Å². The molecular formula is C6H10S. The molecule has 0 nitrogen and oxygen atoms in total. The van der Waals surface area contributed by atoms with Crippen LogP contribution >= 0.6 is 12.6 Å². The molecule has 0 radical (unpaired) electrons. The van der Waals surface area contributed by atoms with Crippen molar-refractivity contribution in [3.63, 3.8) is 0 Å². The van der Waals surface area contributed by atoms with E-state index in [9.17, 15) is 0 Å². The fraction of sp³-hybridized carbons (Fsp3) is 0.333. The van der Waals surface area contributed by atoms with E-state index in [-0.39, 0.29) is 0 Å². The van der Waals surface area contributed by atoms with Crippen molar-refractivity contribution >= 4 is 12.6 Å². The van der Waals surface area contributed by atoms with Crippen LogP contribution in [-0.4, -0.2) is 0 Å². The van der Waals surface area contributed by atoms with E-state index in [0.717, 1.165) is 12.8 Å². The normalized spacial score (nSPS) is 9.86. The molecule has 0 aliphatic rings. The van der Waals surface area contributed by atoms with Gasteiger partial charge in [-0.25, -0.2) is 0 Å². The van der Waals surface area contributed by atoms with E-state index in [1.165, 1.54) is 0 Å². The second-order valence-corrected chi connectivity index (χ2v) is 1.55. The molecule has 0 heterocycles. The summed E-state index contributed by atoms with van der Waals surface area (Å²) in [5, 5.41) is 1.75. The van der Waals surface area contributed by atoms with Gasteiger partial charge < -0.3 is 0 Å². The summed E-state index contributed by atoms with van der Waals surface area (Å²) in [5.41, 5.74) is 0. The first-order valence-corrected chi connectivity index (χ1v) is 2.83. The Labute approximate surface area is 50.3 Å². The van der Waals surface area contributed by atoms with Crippen molar-refractivity contribution in [2.75, 3.05) is 0 Å². The predicted octanol–water partition coefficient (Wildman–Crippen LogP) is 2.40. The zero-order valence-electron chi connectivity index (χ0n) is 4.30. The zero-order valence-corrected chi connectivity index (χ0v) is 5.20. The van der Waals surface area contributed by atoms with Gasteiger partial charge in [0.15, 0.2) is 0 Å². The summed E-state index contributed by atoms with van der Waals surface area (Å²) < 4.78 is 0. The Balaban J connectivity index is 2.82. The number of hydrogen-bond acceptors (Lipinski definition) is 1. The Kier molecular flexibility index (Phi) is 5.69. The fourth-order valence-electron chi connectivity index (χ4n) is 0.289. The van der Waals surface area contributed by atoms with Crippen molar-refractivity contribution < 1.29 is 0 Å². The summed E-state index contributed by atoms with van der Waals surface area (Å²) >= 11 is 3.88. The lowest BCUT2D eigenvalue weighted by atomic mass is 10.3. The molecule has 0 saturated carbocycles. The average molecular weight is 114 g/mol. The molecule has 0 bridgehead atoms. The van der Waals surface area contributed by atoms with E-state index in [2.05, 4.69) is 19.2 Å². The largest absolute Gasteiger partial charge is 0.152 e. The Morgan fingerprint density at radius 3 is 2.57 bits per heavy atom. The molecule has 0 aromatic carbocycles. The number of thiol groups is 1. The van der Waals surface area contributed by atoms with Crippen LogP contribution in [0.4, 0.5) is 0 Å². The lowest BCUT2D eigenvalue weighted by Gasteiger charge is -1.78. The van der Waals surface area contributed by atoms with Gasteiger partial charge in [-0.2, -0.15) is 12.6 Å². The third-order valence-electron chi connectivity index (χ3n) is 0.643. The third kappa shape index (κ3) is 5.83. The van der Waals surface area contributed by atoms with Gasteiger partial charge in [-0.3, -0.25) is 0 Å². The Hall–Kier alpha value is -0.170. The van der Waals surface area contributed by atoms with Crippen LogP contribution in [0, 0.1) is 0 Å². The molecule has 7 heavy (non-hydrogen) atoms. The Morgan fingerprint density at radius 1 is 1.43 bits per heavy atom. The van der Waals surface area contributed by atoms with Gasteiger partial charge in [0.25, 0.3) is 0 Å². The van der Waals surface area contributed by atoms with Gasteiger partial charge in [-0.15, -0.1) is 6.58 Å². The van der Waals surface area contributed by atoms with Gasteiger partial charge in [0.2, 0.25) is 0 Å². The van der Waals surface area contributed by atoms with Gasteiger partial charge in [0.1, 0.15) is 0 Å². The number of unbranched alkanes of at least 4 members (excludes halogenated alkanes) is 1. The van der Waals surface area contributed by atoms with E-state index in [0.29, 0.717) is 0 Å². The van der Waals surface area contributed by atoms with E-state index in [1.807, 2.05) is 12.2 Å². The fourth-order valence-corrected chi connectivity index (χ4v) is 0.438. The first kappa shape index (κ1) is 6.83. The van der Waals surface area contributed by atoms with Crippen LogP contribution in [0.25, 0.3) is 0 Å². The second kappa shape index (κ2) is 5.83. The molecule has 0 aromatic rings. The van der Waals surface area contributed by atoms with Crippen LogP contribution in [0.3, 0.4) is 0 Å². The minimum Gasteiger partial charge on any atom is -0.152 e. The van der Waals surface area contributed by atoms with Crippen LogP contribution in [0.15, 0.2) is 24.1 Å². The monoisotopic (exact) mass is 114 g/mol. The summed E-state index contributed by atoms with van der Waals surface area (Å²) in [5.74, 6) is 0. The van der Waals surface area contributed by atoms with Gasteiger partial charge in [-0.1, -0.05) is 12.2 Å². The molecule has 0 spiro atoms. The lowest BCUT2D eigenvalue weighted by Crippen LogP contribution is -1.58. The standard InChI is InChI=1S/C6H10S/c1-2-3-4-5-6-7/h2,5-7H,1,3-4H2. The molecule has 0 aliphatic heterocycles. The zero-order chi connectivity index (χ0) is 5.54. The van der Waals surface area contributed by atoms with E-state index in [4.69, 9.17) is 0 Å². The van der Waals surface area contributed by atoms with Crippen molar-refractivity contribution in [3.05, 3.63) is 24.1 Å². The first-order valence-electron chi connectivity index (χ1n) is 2.32. The maximum atomic E-state index is 3.88. The highest BCUT2D eigenvalue weighted by molar-refractivity contribution is 7.83. The summed E-state index contributed by atoms with van der Waals surface area (Å²) in [6, 6.07) is 0. The second-order valence-electron chi connectivity index (χ2n) is 1.25. The summed E-state index contributed by atoms with van der Waals surface area (Å²) in [7, 11) is 0. The highest BCUT2D eigenvalue weighted by Gasteiger charge is 1.68. The number of hydrogen-bond donors (Lipinski definition) is 1. The molecule has 0 amide bonds. The van der Waals surface area contributed by atoms with Crippen molar-refractivity contribution in [1.82, 2.24) is 0 Å². The van der Waals surface area contributed by atoms with E-state index >= 15 is 0 Å². The van der Waals surface area contributed by atoms with Gasteiger partial charge in [0, 0.05) is 0 Å². The molecule has 0 atom stereocenters. The van der Waals surface area contributed by atoms with Gasteiger partial charge in [-0.05, 0) is 18.2 Å². The average Bonchev–Trinajstić information content (AvgIpc) is 1.69. The van der Waals surface area contributed by atoms with Gasteiger partial charge in [0.05, 0.1) is 0 Å². The van der Waals surface area contributed by atoms with Crippen molar-refractivity contribution in [3.8, 4) is 0 Å².